The first-order chi connectivity index (χ1) is 21.9. The van der Waals surface area contributed by atoms with E-state index < -0.39 is 23.0 Å². The van der Waals surface area contributed by atoms with Crippen molar-refractivity contribution in [2.45, 2.75) is 10.1 Å². The van der Waals surface area contributed by atoms with Gasteiger partial charge in [0.05, 0.1) is 17.5 Å². The van der Waals surface area contributed by atoms with E-state index in [-0.39, 0.29) is 17.2 Å². The summed E-state index contributed by atoms with van der Waals surface area (Å²) in [5, 5.41) is 7.62. The Morgan fingerprint density at radius 3 is 2.18 bits per heavy atom. The van der Waals surface area contributed by atoms with Gasteiger partial charge >= 0.3 is 0 Å². The maximum absolute atomic E-state index is 13.6. The molecule has 0 fully saturated rings. The van der Waals surface area contributed by atoms with Crippen molar-refractivity contribution in [3.05, 3.63) is 156 Å². The summed E-state index contributed by atoms with van der Waals surface area (Å²) in [5.74, 6) is -1.66. The predicted octanol–water partition coefficient (Wildman–Crippen LogP) is 6.26. The number of carbonyl (C=O) groups excluding carboxylic acids is 4. The van der Waals surface area contributed by atoms with Crippen LogP contribution in [0.4, 0.5) is 11.4 Å². The molecule has 45 heavy (non-hydrogen) atoms. The predicted molar refractivity (Wildman–Crippen MR) is 174 cm³/mol. The van der Waals surface area contributed by atoms with Gasteiger partial charge in [-0.25, -0.2) is 0 Å². The first-order valence-electron chi connectivity index (χ1n) is 13.8. The summed E-state index contributed by atoms with van der Waals surface area (Å²) >= 11 is 1.27. The smallest absolute Gasteiger partial charge is 0.272 e. The summed E-state index contributed by atoms with van der Waals surface area (Å²) in [6, 6.07) is 34.6. The van der Waals surface area contributed by atoms with Crippen LogP contribution in [0.25, 0.3) is 6.08 Å². The molecule has 10 heteroatoms. The largest absolute Gasteiger partial charge is 0.465 e. The molecular weight excluding hydrogens is 588 g/mol. The zero-order valence-electron chi connectivity index (χ0n) is 23.8. The average molecular weight is 617 g/mol. The van der Waals surface area contributed by atoms with E-state index in [1.807, 2.05) is 36.4 Å². The van der Waals surface area contributed by atoms with Crippen LogP contribution in [0.15, 0.2) is 143 Å². The second-order valence-corrected chi connectivity index (χ2v) is 10.9. The summed E-state index contributed by atoms with van der Waals surface area (Å²) < 4.78 is 5.37. The highest BCUT2D eigenvalue weighted by Crippen LogP contribution is 2.37. The number of nitrogens with two attached hydrogens (primary N) is 1. The minimum absolute atomic E-state index is 0.0217. The highest BCUT2D eigenvalue weighted by atomic mass is 32.2. The van der Waals surface area contributed by atoms with Gasteiger partial charge in [-0.15, -0.1) is 11.8 Å². The number of para-hydroxylation sites is 1. The summed E-state index contributed by atoms with van der Waals surface area (Å²) in [6.07, 6.45) is 2.90. The molecule has 1 unspecified atom stereocenters. The van der Waals surface area contributed by atoms with Gasteiger partial charge in [0, 0.05) is 22.2 Å². The van der Waals surface area contributed by atoms with Crippen molar-refractivity contribution in [2.24, 2.45) is 5.73 Å². The number of anilines is 2. The number of amides is 4. The van der Waals surface area contributed by atoms with Crippen molar-refractivity contribution in [2.75, 3.05) is 10.6 Å². The molecule has 0 saturated heterocycles. The van der Waals surface area contributed by atoms with Gasteiger partial charge in [0.15, 0.2) is 0 Å². The van der Waals surface area contributed by atoms with Crippen LogP contribution in [-0.4, -0.2) is 23.6 Å². The van der Waals surface area contributed by atoms with Gasteiger partial charge in [0.1, 0.15) is 16.7 Å². The monoisotopic (exact) mass is 616 g/mol. The fraction of sp³-hybridized carbons (Fsp3) is 0.0286. The summed E-state index contributed by atoms with van der Waals surface area (Å²) in [4.78, 5) is 52.5. The Morgan fingerprint density at radius 1 is 0.756 bits per heavy atom. The molecule has 1 heterocycles. The lowest BCUT2D eigenvalue weighted by molar-refractivity contribution is -0.116. The van der Waals surface area contributed by atoms with Crippen LogP contribution in [0.2, 0.25) is 0 Å². The standard InChI is InChI=1S/C35H28N4O5S/c36-32(40)28-18-7-8-19-29(28)38-35(43)31(23-11-3-1-4-12-23)45-27-17-9-15-25(21-27)37-34(42)30(22-26-16-10-20-44-26)39-33(41)24-13-5-2-6-14-24/h1-22,31H,(H2,36,40)(H,37,42)(H,38,43)(H,39,41)/b30-22+. The molecule has 0 radical (unpaired) electrons. The van der Waals surface area contributed by atoms with Crippen LogP contribution in [-0.2, 0) is 9.59 Å². The minimum atomic E-state index is -0.711. The first-order valence-corrected chi connectivity index (χ1v) is 14.7. The summed E-state index contributed by atoms with van der Waals surface area (Å²) in [6.45, 7) is 0. The number of thioether (sulfide) groups is 1. The molecule has 4 aromatic carbocycles. The number of furan rings is 1. The third-order valence-corrected chi connectivity index (χ3v) is 7.74. The first kappa shape index (κ1) is 30.6. The molecule has 0 bridgehead atoms. The van der Waals surface area contributed by atoms with Crippen molar-refractivity contribution in [3.63, 3.8) is 0 Å². The average Bonchev–Trinajstić information content (AvgIpc) is 3.57. The molecule has 0 aliphatic carbocycles. The Labute approximate surface area is 263 Å². The van der Waals surface area contributed by atoms with E-state index in [1.54, 1.807) is 84.9 Å². The topological polar surface area (TPSA) is 144 Å². The highest BCUT2D eigenvalue weighted by molar-refractivity contribution is 8.00. The minimum Gasteiger partial charge on any atom is -0.465 e. The van der Waals surface area contributed by atoms with Crippen LogP contribution >= 0.6 is 11.8 Å². The quantitative estimate of drug-likeness (QED) is 0.102. The molecule has 0 aliphatic rings. The maximum Gasteiger partial charge on any atom is 0.272 e. The second kappa shape index (κ2) is 14.5. The number of primary amides is 1. The van der Waals surface area contributed by atoms with E-state index >= 15 is 0 Å². The molecular formula is C35H28N4O5S. The zero-order chi connectivity index (χ0) is 31.6. The zero-order valence-corrected chi connectivity index (χ0v) is 24.6. The molecule has 0 aliphatic heterocycles. The van der Waals surface area contributed by atoms with E-state index in [4.69, 9.17) is 10.2 Å². The Morgan fingerprint density at radius 2 is 1.47 bits per heavy atom. The lowest BCUT2D eigenvalue weighted by Gasteiger charge is -2.18. The van der Waals surface area contributed by atoms with Gasteiger partial charge in [-0.3, -0.25) is 19.2 Å². The van der Waals surface area contributed by atoms with Crippen molar-refractivity contribution in [1.29, 1.82) is 0 Å². The summed E-state index contributed by atoms with van der Waals surface area (Å²) in [5.41, 5.74) is 7.56. The number of hydrogen-bond acceptors (Lipinski definition) is 6. The van der Waals surface area contributed by atoms with Gasteiger partial charge in [-0.2, -0.15) is 0 Å². The van der Waals surface area contributed by atoms with Crippen molar-refractivity contribution >= 4 is 52.8 Å². The van der Waals surface area contributed by atoms with Gasteiger partial charge < -0.3 is 26.1 Å². The Bertz CT molecular complexity index is 1840. The second-order valence-electron chi connectivity index (χ2n) is 9.68. The Balaban J connectivity index is 1.37. The fourth-order valence-corrected chi connectivity index (χ4v) is 5.43. The van der Waals surface area contributed by atoms with Gasteiger partial charge in [0.25, 0.3) is 17.7 Å². The molecule has 1 aromatic heterocycles. The summed E-state index contributed by atoms with van der Waals surface area (Å²) in [7, 11) is 0. The van der Waals surface area contributed by atoms with E-state index in [1.165, 1.54) is 24.1 Å². The van der Waals surface area contributed by atoms with Gasteiger partial charge in [-0.05, 0) is 60.2 Å². The Hall–Kier alpha value is -5.87. The maximum atomic E-state index is 13.6. The Kier molecular flexibility index (Phi) is 9.88. The van der Waals surface area contributed by atoms with Crippen LogP contribution in [0, 0.1) is 0 Å². The third kappa shape index (κ3) is 8.15. The molecule has 0 saturated carbocycles. The van der Waals surface area contributed by atoms with Crippen molar-refractivity contribution < 1.29 is 23.6 Å². The van der Waals surface area contributed by atoms with Crippen molar-refractivity contribution in [3.8, 4) is 0 Å². The number of hydrogen-bond donors (Lipinski definition) is 4. The van der Waals surface area contributed by atoms with E-state index in [9.17, 15) is 19.2 Å². The molecule has 5 rings (SSSR count). The van der Waals surface area contributed by atoms with Crippen LogP contribution < -0.4 is 21.7 Å². The number of nitrogens with one attached hydrogen (secondary N) is 3. The number of benzene rings is 4. The van der Waals surface area contributed by atoms with E-state index in [0.29, 0.717) is 27.6 Å². The van der Waals surface area contributed by atoms with Crippen LogP contribution in [0.5, 0.6) is 0 Å². The van der Waals surface area contributed by atoms with Crippen LogP contribution in [0.1, 0.15) is 37.3 Å². The molecule has 1 atom stereocenters. The van der Waals surface area contributed by atoms with E-state index in [2.05, 4.69) is 16.0 Å². The lowest BCUT2D eigenvalue weighted by atomic mass is 10.1. The third-order valence-electron chi connectivity index (χ3n) is 6.50. The molecule has 5 N–H and O–H groups in total. The van der Waals surface area contributed by atoms with Crippen molar-refractivity contribution in [1.82, 2.24) is 5.32 Å². The number of carbonyl (C=O) groups is 4. The normalized spacial score (nSPS) is 11.7. The van der Waals surface area contributed by atoms with Crippen LogP contribution in [0.3, 0.4) is 0 Å². The molecule has 5 aromatic rings. The highest BCUT2D eigenvalue weighted by Gasteiger charge is 2.24. The molecule has 224 valence electrons. The van der Waals surface area contributed by atoms with Gasteiger partial charge in [0.2, 0.25) is 5.91 Å². The van der Waals surface area contributed by atoms with Gasteiger partial charge in [-0.1, -0.05) is 66.7 Å². The van der Waals surface area contributed by atoms with E-state index in [0.717, 1.165) is 5.56 Å². The SMILES string of the molecule is NC(=O)c1ccccc1NC(=O)C(Sc1cccc(NC(=O)/C(=C\c2ccco2)NC(=O)c2ccccc2)c1)c1ccccc1. The lowest BCUT2D eigenvalue weighted by Crippen LogP contribution is -2.30. The fourth-order valence-electron chi connectivity index (χ4n) is 4.35. The molecule has 0 spiro atoms. The molecule has 9 nitrogen and oxygen atoms in total. The molecule has 4 amide bonds. The number of rotatable bonds is 11.